The van der Waals surface area contributed by atoms with Crippen LogP contribution < -0.4 is 0 Å². The summed E-state index contributed by atoms with van der Waals surface area (Å²) in [4.78, 5) is 11.0. The topological polar surface area (TPSA) is 77.3 Å². The molecule has 0 radical (unpaired) electrons. The highest BCUT2D eigenvalue weighted by Crippen LogP contribution is 2.27. The summed E-state index contributed by atoms with van der Waals surface area (Å²) in [5.41, 5.74) is 3.09. The van der Waals surface area contributed by atoms with Gasteiger partial charge < -0.3 is 9.30 Å². The van der Waals surface area contributed by atoms with Crippen LogP contribution in [0.1, 0.15) is 56.0 Å². The summed E-state index contributed by atoms with van der Waals surface area (Å²) in [5.74, 6) is 0.439. The first-order valence-corrected chi connectivity index (χ1v) is 13.0. The van der Waals surface area contributed by atoms with Crippen molar-refractivity contribution in [3.05, 3.63) is 41.5 Å². The van der Waals surface area contributed by atoms with Crippen LogP contribution in [0.3, 0.4) is 0 Å². The lowest BCUT2D eigenvalue weighted by Gasteiger charge is -2.22. The third-order valence-corrected chi connectivity index (χ3v) is 7.83. The molecule has 0 spiro atoms. The standard InChI is InChI=1S/C23H36N4O3S/c1-4-19-10-11-21(24-14-19)16-26(2)17-22-15-25-23(27(22)12-13-30-3)31(28,29)18-20-8-6-5-7-9-20/h10-11,14-15,20H,4-9,12-13,16-18H2,1-3H3. The van der Waals surface area contributed by atoms with Crippen molar-refractivity contribution < 1.29 is 13.2 Å². The Kier molecular flexibility index (Phi) is 8.63. The van der Waals surface area contributed by atoms with Gasteiger partial charge in [0.1, 0.15) is 0 Å². The zero-order chi connectivity index (χ0) is 22.3. The molecule has 1 aliphatic rings. The molecule has 2 aromatic heterocycles. The van der Waals surface area contributed by atoms with Gasteiger partial charge in [0.25, 0.3) is 0 Å². The van der Waals surface area contributed by atoms with E-state index in [1.807, 2.05) is 17.8 Å². The fraction of sp³-hybridized carbons (Fsp3) is 0.652. The monoisotopic (exact) mass is 448 g/mol. The number of pyridine rings is 1. The number of hydrogen-bond acceptors (Lipinski definition) is 6. The van der Waals surface area contributed by atoms with Gasteiger partial charge in [-0.3, -0.25) is 9.88 Å². The Hall–Kier alpha value is -1.77. The molecule has 0 aromatic carbocycles. The number of aromatic nitrogens is 3. The fourth-order valence-electron chi connectivity index (χ4n) is 4.29. The molecule has 7 nitrogen and oxygen atoms in total. The van der Waals surface area contributed by atoms with E-state index in [0.29, 0.717) is 26.2 Å². The average Bonchev–Trinajstić information content (AvgIpc) is 3.16. The van der Waals surface area contributed by atoms with Crippen LogP contribution >= 0.6 is 0 Å². The van der Waals surface area contributed by atoms with Gasteiger partial charge in [0, 0.05) is 32.9 Å². The molecule has 3 rings (SSSR count). The van der Waals surface area contributed by atoms with Crippen LogP contribution in [0.2, 0.25) is 0 Å². The molecule has 2 heterocycles. The Morgan fingerprint density at radius 3 is 2.55 bits per heavy atom. The van der Waals surface area contributed by atoms with E-state index in [4.69, 9.17) is 4.74 Å². The maximum Gasteiger partial charge on any atom is 0.227 e. The number of sulfone groups is 1. The molecule has 1 aliphatic carbocycles. The fourth-order valence-corrected chi connectivity index (χ4v) is 6.15. The summed E-state index contributed by atoms with van der Waals surface area (Å²) in [5, 5.41) is 0.184. The highest BCUT2D eigenvalue weighted by Gasteiger charge is 2.28. The molecule has 0 amide bonds. The predicted molar refractivity (Wildman–Crippen MR) is 122 cm³/mol. The minimum Gasteiger partial charge on any atom is -0.383 e. The molecule has 0 bridgehead atoms. The minimum atomic E-state index is -3.44. The van der Waals surface area contributed by atoms with Crippen molar-refractivity contribution in [2.45, 2.75) is 70.2 Å². The Bertz CT molecular complexity index is 919. The molecule has 0 N–H and O–H groups in total. The van der Waals surface area contributed by atoms with E-state index in [0.717, 1.165) is 43.5 Å². The number of imidazole rings is 1. The lowest BCUT2D eigenvalue weighted by Crippen LogP contribution is -2.25. The summed E-state index contributed by atoms with van der Waals surface area (Å²) in [6, 6.07) is 4.16. The van der Waals surface area contributed by atoms with Crippen LogP contribution in [0.4, 0.5) is 0 Å². The molecule has 172 valence electrons. The molecule has 2 aromatic rings. The molecule has 0 atom stereocenters. The van der Waals surface area contributed by atoms with E-state index in [2.05, 4.69) is 33.9 Å². The van der Waals surface area contributed by atoms with Crippen LogP contribution in [-0.2, 0) is 40.6 Å². The van der Waals surface area contributed by atoms with E-state index in [9.17, 15) is 8.42 Å². The van der Waals surface area contributed by atoms with Gasteiger partial charge in [0.15, 0.2) is 0 Å². The molecule has 0 unspecified atom stereocenters. The normalized spacial score (nSPS) is 15.6. The summed E-state index contributed by atoms with van der Waals surface area (Å²) >= 11 is 0. The number of rotatable bonds is 11. The van der Waals surface area contributed by atoms with Gasteiger partial charge in [0.2, 0.25) is 15.0 Å². The predicted octanol–water partition coefficient (Wildman–Crippen LogP) is 3.47. The van der Waals surface area contributed by atoms with E-state index >= 15 is 0 Å². The summed E-state index contributed by atoms with van der Waals surface area (Å²) < 4.78 is 33.4. The van der Waals surface area contributed by atoms with E-state index < -0.39 is 9.84 Å². The van der Waals surface area contributed by atoms with Crippen molar-refractivity contribution in [3.63, 3.8) is 0 Å². The van der Waals surface area contributed by atoms with Gasteiger partial charge in [0.05, 0.1) is 29.9 Å². The molecular weight excluding hydrogens is 412 g/mol. The molecule has 0 saturated heterocycles. The number of aryl methyl sites for hydroxylation is 1. The summed E-state index contributed by atoms with van der Waals surface area (Å²) in [6.45, 7) is 4.31. The Balaban J connectivity index is 1.74. The second-order valence-electron chi connectivity index (χ2n) is 8.65. The first kappa shape index (κ1) is 23.9. The van der Waals surface area contributed by atoms with Crippen LogP contribution in [-0.4, -0.2) is 54.4 Å². The molecule has 1 saturated carbocycles. The zero-order valence-corrected chi connectivity index (χ0v) is 19.9. The Labute approximate surface area is 186 Å². The highest BCUT2D eigenvalue weighted by atomic mass is 32.2. The van der Waals surface area contributed by atoms with Crippen LogP contribution in [0, 0.1) is 5.92 Å². The lowest BCUT2D eigenvalue weighted by atomic mass is 9.91. The van der Waals surface area contributed by atoms with Crippen molar-refractivity contribution in [1.29, 1.82) is 0 Å². The first-order valence-electron chi connectivity index (χ1n) is 11.3. The van der Waals surface area contributed by atoms with Gasteiger partial charge in [-0.1, -0.05) is 32.3 Å². The third kappa shape index (κ3) is 6.60. The second-order valence-corrected chi connectivity index (χ2v) is 10.6. The molecule has 8 heteroatoms. The second kappa shape index (κ2) is 11.2. The highest BCUT2D eigenvalue weighted by molar-refractivity contribution is 7.91. The number of methoxy groups -OCH3 is 1. The van der Waals surface area contributed by atoms with Crippen LogP contribution in [0.15, 0.2) is 29.7 Å². The Morgan fingerprint density at radius 1 is 1.13 bits per heavy atom. The molecule has 0 aliphatic heterocycles. The van der Waals surface area contributed by atoms with Crippen LogP contribution in [0.25, 0.3) is 0 Å². The van der Waals surface area contributed by atoms with Gasteiger partial charge in [-0.25, -0.2) is 13.4 Å². The molecular formula is C23H36N4O3S. The van der Waals surface area contributed by atoms with Gasteiger partial charge >= 0.3 is 0 Å². The summed E-state index contributed by atoms with van der Waals surface area (Å²) in [6.07, 6.45) is 10.1. The number of hydrogen-bond donors (Lipinski definition) is 0. The van der Waals surface area contributed by atoms with Gasteiger partial charge in [-0.15, -0.1) is 0 Å². The SMILES string of the molecule is CCc1ccc(CN(C)Cc2cnc(S(=O)(=O)CC3CCCCC3)n2CCOC)nc1. The van der Waals surface area contributed by atoms with Gasteiger partial charge in [-0.2, -0.15) is 0 Å². The van der Waals surface area contributed by atoms with Crippen LogP contribution in [0.5, 0.6) is 0 Å². The largest absolute Gasteiger partial charge is 0.383 e. The smallest absolute Gasteiger partial charge is 0.227 e. The number of ether oxygens (including phenoxy) is 1. The van der Waals surface area contributed by atoms with Crippen molar-refractivity contribution in [3.8, 4) is 0 Å². The molecule has 31 heavy (non-hydrogen) atoms. The maximum absolute atomic E-state index is 13.2. The molecule has 1 fully saturated rings. The van der Waals surface area contributed by atoms with Crippen molar-refractivity contribution in [2.75, 3.05) is 26.5 Å². The van der Waals surface area contributed by atoms with E-state index in [1.54, 1.807) is 13.3 Å². The van der Waals surface area contributed by atoms with Gasteiger partial charge in [-0.05, 0) is 43.9 Å². The zero-order valence-electron chi connectivity index (χ0n) is 19.1. The van der Waals surface area contributed by atoms with Crippen molar-refractivity contribution >= 4 is 9.84 Å². The van der Waals surface area contributed by atoms with Crippen molar-refractivity contribution in [1.82, 2.24) is 19.4 Å². The average molecular weight is 449 g/mol. The maximum atomic E-state index is 13.2. The lowest BCUT2D eigenvalue weighted by molar-refractivity contribution is 0.181. The Morgan fingerprint density at radius 2 is 1.90 bits per heavy atom. The quantitative estimate of drug-likeness (QED) is 0.524. The van der Waals surface area contributed by atoms with E-state index in [1.165, 1.54) is 12.0 Å². The minimum absolute atomic E-state index is 0.184. The number of nitrogens with zero attached hydrogens (tertiary/aromatic N) is 4. The summed E-state index contributed by atoms with van der Waals surface area (Å²) in [7, 11) is 0.206. The first-order chi connectivity index (χ1) is 14.9. The third-order valence-electron chi connectivity index (χ3n) is 6.04. The van der Waals surface area contributed by atoms with E-state index in [-0.39, 0.29) is 16.8 Å². The van der Waals surface area contributed by atoms with Crippen molar-refractivity contribution in [2.24, 2.45) is 5.92 Å².